The molecular weight excluding hydrogens is 358 g/mol. The van der Waals surface area contributed by atoms with Gasteiger partial charge in [0.05, 0.1) is 6.04 Å². The zero-order chi connectivity index (χ0) is 20.6. The van der Waals surface area contributed by atoms with Crippen molar-refractivity contribution in [2.24, 2.45) is 0 Å². The maximum absolute atomic E-state index is 12.7. The zero-order valence-electron chi connectivity index (χ0n) is 17.8. The van der Waals surface area contributed by atoms with Crippen LogP contribution in [0.5, 0.6) is 0 Å². The van der Waals surface area contributed by atoms with E-state index in [0.717, 1.165) is 38.4 Å². The predicted octanol–water partition coefficient (Wildman–Crippen LogP) is 4.47. The van der Waals surface area contributed by atoms with Gasteiger partial charge >= 0.3 is 0 Å². The van der Waals surface area contributed by atoms with Crippen LogP contribution in [0.4, 0.5) is 5.69 Å². The van der Waals surface area contributed by atoms with Gasteiger partial charge in [-0.1, -0.05) is 68.5 Å². The molecule has 154 valence electrons. The monoisotopic (exact) mass is 391 g/mol. The molecule has 0 saturated carbocycles. The number of anilines is 1. The Balaban J connectivity index is 1.43. The van der Waals surface area contributed by atoms with Gasteiger partial charge < -0.3 is 5.32 Å². The van der Waals surface area contributed by atoms with Crippen LogP contribution in [0.25, 0.3) is 6.08 Å². The Morgan fingerprint density at radius 2 is 1.62 bits per heavy atom. The molecule has 0 aromatic heterocycles. The summed E-state index contributed by atoms with van der Waals surface area (Å²) in [5.74, 6) is 0.567. The minimum Gasteiger partial charge on any atom is -0.325 e. The highest BCUT2D eigenvalue weighted by Crippen LogP contribution is 2.18. The summed E-state index contributed by atoms with van der Waals surface area (Å²) in [6.45, 7) is 11.1. The number of piperazine rings is 1. The van der Waals surface area contributed by atoms with Gasteiger partial charge in [0, 0.05) is 38.4 Å². The van der Waals surface area contributed by atoms with E-state index in [-0.39, 0.29) is 11.9 Å². The van der Waals surface area contributed by atoms with Crippen LogP contribution >= 0.6 is 0 Å². The van der Waals surface area contributed by atoms with E-state index in [1.54, 1.807) is 0 Å². The fourth-order valence-electron chi connectivity index (χ4n) is 3.60. The highest BCUT2D eigenvalue weighted by Gasteiger charge is 2.25. The van der Waals surface area contributed by atoms with Gasteiger partial charge in [-0.05, 0) is 36.1 Å². The molecule has 0 radical (unpaired) electrons. The van der Waals surface area contributed by atoms with E-state index in [2.05, 4.69) is 77.5 Å². The van der Waals surface area contributed by atoms with E-state index in [9.17, 15) is 4.79 Å². The number of carbonyl (C=O) groups is 1. The van der Waals surface area contributed by atoms with Crippen molar-refractivity contribution in [2.75, 3.05) is 38.0 Å². The van der Waals surface area contributed by atoms with Crippen molar-refractivity contribution in [1.29, 1.82) is 0 Å². The van der Waals surface area contributed by atoms with Gasteiger partial charge in [0.25, 0.3) is 0 Å². The van der Waals surface area contributed by atoms with Crippen LogP contribution in [0.1, 0.15) is 37.8 Å². The highest BCUT2D eigenvalue weighted by molar-refractivity contribution is 5.94. The number of hydrogen-bond donors (Lipinski definition) is 1. The van der Waals surface area contributed by atoms with Crippen LogP contribution in [0.15, 0.2) is 60.7 Å². The Hall–Kier alpha value is -2.43. The van der Waals surface area contributed by atoms with Crippen LogP contribution < -0.4 is 5.32 Å². The van der Waals surface area contributed by atoms with E-state index < -0.39 is 0 Å². The zero-order valence-corrected chi connectivity index (χ0v) is 17.8. The van der Waals surface area contributed by atoms with E-state index in [4.69, 9.17) is 0 Å². The lowest BCUT2D eigenvalue weighted by Crippen LogP contribution is -2.52. The fraction of sp³-hybridized carbons (Fsp3) is 0.400. The first kappa shape index (κ1) is 21.3. The van der Waals surface area contributed by atoms with Crippen LogP contribution in [-0.2, 0) is 4.79 Å². The highest BCUT2D eigenvalue weighted by atomic mass is 16.2. The number of carbonyl (C=O) groups excluding carboxylic acids is 1. The topological polar surface area (TPSA) is 35.6 Å². The Labute approximate surface area is 175 Å². The molecule has 1 atom stereocenters. The van der Waals surface area contributed by atoms with Crippen molar-refractivity contribution in [3.05, 3.63) is 71.8 Å². The normalized spacial score (nSPS) is 17.0. The maximum Gasteiger partial charge on any atom is 0.241 e. The maximum atomic E-state index is 12.7. The smallest absolute Gasteiger partial charge is 0.241 e. The van der Waals surface area contributed by atoms with Crippen molar-refractivity contribution in [2.45, 2.75) is 32.7 Å². The molecular formula is C25H33N3O. The lowest BCUT2D eigenvalue weighted by atomic mass is 10.0. The molecule has 0 aliphatic carbocycles. The summed E-state index contributed by atoms with van der Waals surface area (Å²) in [7, 11) is 0. The first-order valence-corrected chi connectivity index (χ1v) is 10.6. The molecule has 2 aromatic carbocycles. The van der Waals surface area contributed by atoms with Crippen molar-refractivity contribution in [1.82, 2.24) is 9.80 Å². The van der Waals surface area contributed by atoms with Crippen LogP contribution in [0, 0.1) is 0 Å². The van der Waals surface area contributed by atoms with E-state index in [0.29, 0.717) is 5.92 Å². The van der Waals surface area contributed by atoms with Gasteiger partial charge in [0.15, 0.2) is 0 Å². The molecule has 1 aliphatic heterocycles. The minimum atomic E-state index is -0.123. The molecule has 29 heavy (non-hydrogen) atoms. The summed E-state index contributed by atoms with van der Waals surface area (Å²) in [5, 5.41) is 3.06. The molecule has 1 saturated heterocycles. The summed E-state index contributed by atoms with van der Waals surface area (Å²) in [5.41, 5.74) is 3.39. The Morgan fingerprint density at radius 3 is 2.24 bits per heavy atom. The number of nitrogens with one attached hydrogen (secondary N) is 1. The average Bonchev–Trinajstić information content (AvgIpc) is 2.75. The second kappa shape index (κ2) is 10.4. The van der Waals surface area contributed by atoms with E-state index in [1.807, 2.05) is 25.1 Å². The minimum absolute atomic E-state index is 0.0692. The first-order valence-electron chi connectivity index (χ1n) is 10.6. The van der Waals surface area contributed by atoms with Crippen LogP contribution in [0.3, 0.4) is 0 Å². The van der Waals surface area contributed by atoms with Gasteiger partial charge in [-0.3, -0.25) is 14.6 Å². The number of benzene rings is 2. The standard InChI is InChI=1S/C25H33N3O/c1-20(2)23-11-13-24(14-12-23)26-25(29)21(3)28-18-16-27(17-19-28)15-7-10-22-8-5-4-6-9-22/h4-14,20-21H,15-19H2,1-3H3,(H,26,29)/b10-7+/t21-/m0/s1. The van der Waals surface area contributed by atoms with Gasteiger partial charge in [-0.2, -0.15) is 0 Å². The first-order chi connectivity index (χ1) is 14.0. The van der Waals surface area contributed by atoms with Crippen molar-refractivity contribution >= 4 is 17.7 Å². The Morgan fingerprint density at radius 1 is 0.966 bits per heavy atom. The SMILES string of the molecule is CC(C)c1ccc(NC(=O)[C@H](C)N2CCN(C/C=C/c3ccccc3)CC2)cc1. The van der Waals surface area contributed by atoms with Crippen molar-refractivity contribution in [3.63, 3.8) is 0 Å². The Bertz CT molecular complexity index is 791. The molecule has 4 nitrogen and oxygen atoms in total. The molecule has 3 rings (SSSR count). The lowest BCUT2D eigenvalue weighted by Gasteiger charge is -2.37. The molecule has 1 heterocycles. The third kappa shape index (κ3) is 6.28. The van der Waals surface area contributed by atoms with E-state index >= 15 is 0 Å². The van der Waals surface area contributed by atoms with Crippen LogP contribution in [-0.4, -0.2) is 54.5 Å². The van der Waals surface area contributed by atoms with Gasteiger partial charge in [0.1, 0.15) is 0 Å². The van der Waals surface area contributed by atoms with Gasteiger partial charge in [-0.25, -0.2) is 0 Å². The summed E-state index contributed by atoms with van der Waals surface area (Å²) >= 11 is 0. The molecule has 1 fully saturated rings. The summed E-state index contributed by atoms with van der Waals surface area (Å²) < 4.78 is 0. The Kier molecular flexibility index (Phi) is 7.62. The third-order valence-corrected chi connectivity index (χ3v) is 5.65. The number of hydrogen-bond acceptors (Lipinski definition) is 3. The van der Waals surface area contributed by atoms with E-state index in [1.165, 1.54) is 11.1 Å². The second-order valence-corrected chi connectivity index (χ2v) is 8.09. The molecule has 0 bridgehead atoms. The summed E-state index contributed by atoms with van der Waals surface area (Å²) in [4.78, 5) is 17.4. The fourth-order valence-corrected chi connectivity index (χ4v) is 3.60. The lowest BCUT2D eigenvalue weighted by molar-refractivity contribution is -0.121. The summed E-state index contributed by atoms with van der Waals surface area (Å²) in [6, 6.07) is 18.4. The molecule has 0 spiro atoms. The van der Waals surface area contributed by atoms with Gasteiger partial charge in [-0.15, -0.1) is 0 Å². The van der Waals surface area contributed by atoms with Crippen LogP contribution in [0.2, 0.25) is 0 Å². The number of amides is 1. The molecule has 1 amide bonds. The number of nitrogens with zero attached hydrogens (tertiary/aromatic N) is 2. The molecule has 1 N–H and O–H groups in total. The second-order valence-electron chi connectivity index (χ2n) is 8.09. The number of rotatable bonds is 7. The van der Waals surface area contributed by atoms with Gasteiger partial charge in [0.2, 0.25) is 5.91 Å². The quantitative estimate of drug-likeness (QED) is 0.756. The molecule has 1 aliphatic rings. The molecule has 4 heteroatoms. The molecule has 2 aromatic rings. The third-order valence-electron chi connectivity index (χ3n) is 5.65. The average molecular weight is 392 g/mol. The van der Waals surface area contributed by atoms with Crippen molar-refractivity contribution in [3.8, 4) is 0 Å². The summed E-state index contributed by atoms with van der Waals surface area (Å²) in [6.07, 6.45) is 4.40. The predicted molar refractivity (Wildman–Crippen MR) is 122 cm³/mol. The molecule has 0 unspecified atom stereocenters. The largest absolute Gasteiger partial charge is 0.325 e. The van der Waals surface area contributed by atoms with Crippen molar-refractivity contribution < 1.29 is 4.79 Å².